The van der Waals surface area contributed by atoms with Crippen molar-refractivity contribution in [2.45, 2.75) is 33.7 Å². The van der Waals surface area contributed by atoms with Gasteiger partial charge in [0.1, 0.15) is 6.61 Å². The lowest BCUT2D eigenvalue weighted by molar-refractivity contribution is 0.108. The van der Waals surface area contributed by atoms with Gasteiger partial charge in [-0.25, -0.2) is 4.99 Å². The Labute approximate surface area is 186 Å². The van der Waals surface area contributed by atoms with Crippen molar-refractivity contribution in [2.24, 2.45) is 10.9 Å². The molecule has 0 amide bonds. The van der Waals surface area contributed by atoms with Crippen molar-refractivity contribution < 1.29 is 14.2 Å². The number of aliphatic imine (C=N–C) groups is 1. The molecule has 1 aromatic carbocycles. The number of hydrogen-bond acceptors (Lipinski definition) is 4. The topological polar surface area (TPSA) is 64.1 Å². The lowest BCUT2D eigenvalue weighted by Gasteiger charge is -2.13. The van der Waals surface area contributed by atoms with Crippen LogP contribution < -0.4 is 20.1 Å². The maximum atomic E-state index is 5.59. The number of benzene rings is 1. The normalized spacial score (nSPS) is 10.8. The molecule has 0 saturated heterocycles. The van der Waals surface area contributed by atoms with Gasteiger partial charge in [0.15, 0.2) is 17.5 Å². The van der Waals surface area contributed by atoms with Crippen LogP contribution in [0.3, 0.4) is 0 Å². The van der Waals surface area contributed by atoms with Gasteiger partial charge in [-0.1, -0.05) is 25.8 Å². The highest BCUT2D eigenvalue weighted by molar-refractivity contribution is 14.0. The molecule has 0 aromatic heterocycles. The first-order valence-electron chi connectivity index (χ1n) is 9.43. The molecule has 28 heavy (non-hydrogen) atoms. The SMILES string of the molecule is C#CCOc1cc(CN=C(NCC)NCCCOCC(C)C)ccc1OC.I. The Kier molecular flexibility index (Phi) is 15.3. The Balaban J connectivity index is 0.00000729. The molecular weight excluding hydrogens is 469 g/mol. The maximum Gasteiger partial charge on any atom is 0.191 e. The Morgan fingerprint density at radius 1 is 1.25 bits per heavy atom. The van der Waals surface area contributed by atoms with Crippen molar-refractivity contribution in [3.8, 4) is 23.8 Å². The second-order valence-corrected chi connectivity index (χ2v) is 6.42. The van der Waals surface area contributed by atoms with Crippen LogP contribution in [0, 0.1) is 18.3 Å². The molecule has 0 atom stereocenters. The number of halogens is 1. The predicted molar refractivity (Wildman–Crippen MR) is 126 cm³/mol. The molecule has 6 nitrogen and oxygen atoms in total. The molecule has 2 N–H and O–H groups in total. The summed E-state index contributed by atoms with van der Waals surface area (Å²) in [6.45, 7) is 10.2. The Morgan fingerprint density at radius 3 is 2.68 bits per heavy atom. The van der Waals surface area contributed by atoms with E-state index >= 15 is 0 Å². The second-order valence-electron chi connectivity index (χ2n) is 6.42. The quantitative estimate of drug-likeness (QED) is 0.151. The third kappa shape index (κ3) is 11.2. The van der Waals surface area contributed by atoms with E-state index in [-0.39, 0.29) is 30.6 Å². The number of nitrogens with one attached hydrogen (secondary N) is 2. The van der Waals surface area contributed by atoms with Crippen LogP contribution >= 0.6 is 24.0 Å². The first kappa shape index (κ1) is 26.3. The standard InChI is InChI=1S/C21H33N3O3.HI/c1-6-12-27-20-14-18(9-10-19(20)25-5)15-24-21(22-7-2)23-11-8-13-26-16-17(3)4;/h1,9-10,14,17H,7-8,11-13,15-16H2,2-5H3,(H2,22,23,24);1H. The van der Waals surface area contributed by atoms with Gasteiger partial charge in [-0.3, -0.25) is 0 Å². The zero-order valence-electron chi connectivity index (χ0n) is 17.4. The van der Waals surface area contributed by atoms with Gasteiger partial charge in [0.2, 0.25) is 0 Å². The summed E-state index contributed by atoms with van der Waals surface area (Å²) in [5.41, 5.74) is 1.01. The maximum absolute atomic E-state index is 5.59. The minimum Gasteiger partial charge on any atom is -0.493 e. The molecule has 0 unspecified atom stereocenters. The van der Waals surface area contributed by atoms with Crippen molar-refractivity contribution >= 4 is 29.9 Å². The van der Waals surface area contributed by atoms with Crippen LogP contribution in [0.25, 0.3) is 0 Å². The third-order valence-electron chi connectivity index (χ3n) is 3.51. The van der Waals surface area contributed by atoms with Crippen LogP contribution in [-0.4, -0.2) is 46.0 Å². The number of nitrogens with zero attached hydrogens (tertiary/aromatic N) is 1. The van der Waals surface area contributed by atoms with Crippen molar-refractivity contribution in [1.82, 2.24) is 10.6 Å². The lowest BCUT2D eigenvalue weighted by Crippen LogP contribution is -2.38. The van der Waals surface area contributed by atoms with Gasteiger partial charge in [0.05, 0.1) is 13.7 Å². The molecule has 158 valence electrons. The molecule has 0 aliphatic heterocycles. The van der Waals surface area contributed by atoms with Gasteiger partial charge in [0, 0.05) is 26.3 Å². The fourth-order valence-electron chi connectivity index (χ4n) is 2.26. The van der Waals surface area contributed by atoms with Gasteiger partial charge in [-0.05, 0) is 37.0 Å². The van der Waals surface area contributed by atoms with E-state index in [1.165, 1.54) is 0 Å². The van der Waals surface area contributed by atoms with Crippen molar-refractivity contribution in [3.63, 3.8) is 0 Å². The number of methoxy groups -OCH3 is 1. The zero-order valence-corrected chi connectivity index (χ0v) is 19.7. The lowest BCUT2D eigenvalue weighted by atomic mass is 10.2. The monoisotopic (exact) mass is 503 g/mol. The number of rotatable bonds is 12. The molecule has 0 aliphatic rings. The van der Waals surface area contributed by atoms with E-state index in [0.29, 0.717) is 24.0 Å². The number of guanidine groups is 1. The Morgan fingerprint density at radius 2 is 2.04 bits per heavy atom. The molecule has 7 heteroatoms. The first-order valence-corrected chi connectivity index (χ1v) is 9.43. The van der Waals surface area contributed by atoms with Gasteiger partial charge >= 0.3 is 0 Å². The van der Waals surface area contributed by atoms with Crippen molar-refractivity contribution in [3.05, 3.63) is 23.8 Å². The van der Waals surface area contributed by atoms with Gasteiger partial charge in [-0.15, -0.1) is 30.4 Å². The molecule has 0 spiro atoms. The molecule has 0 bridgehead atoms. The van der Waals surface area contributed by atoms with E-state index in [9.17, 15) is 0 Å². The summed E-state index contributed by atoms with van der Waals surface area (Å²) in [6, 6.07) is 5.74. The average molecular weight is 503 g/mol. The summed E-state index contributed by atoms with van der Waals surface area (Å²) in [6.07, 6.45) is 6.20. The van der Waals surface area contributed by atoms with E-state index in [2.05, 4.69) is 35.4 Å². The highest BCUT2D eigenvalue weighted by atomic mass is 127. The fraction of sp³-hybridized carbons (Fsp3) is 0.571. The van der Waals surface area contributed by atoms with Gasteiger partial charge in [0.25, 0.3) is 0 Å². The summed E-state index contributed by atoms with van der Waals surface area (Å²) in [5.74, 6) is 5.09. The summed E-state index contributed by atoms with van der Waals surface area (Å²) < 4.78 is 16.4. The molecule has 1 aromatic rings. The first-order chi connectivity index (χ1) is 13.1. The number of terminal acetylenes is 1. The zero-order chi connectivity index (χ0) is 19.9. The Bertz CT molecular complexity index is 615. The van der Waals surface area contributed by atoms with Crippen molar-refractivity contribution in [2.75, 3.05) is 40.0 Å². The van der Waals surface area contributed by atoms with E-state index < -0.39 is 0 Å². The van der Waals surface area contributed by atoms with Crippen LogP contribution in [0.15, 0.2) is 23.2 Å². The van der Waals surface area contributed by atoms with E-state index in [4.69, 9.17) is 20.6 Å². The van der Waals surface area contributed by atoms with Gasteiger partial charge in [-0.2, -0.15) is 0 Å². The number of ether oxygens (including phenoxy) is 3. The fourth-order valence-corrected chi connectivity index (χ4v) is 2.26. The molecule has 0 fully saturated rings. The van der Waals surface area contributed by atoms with Crippen LogP contribution in [0.5, 0.6) is 11.5 Å². The Hall–Kier alpha value is -1.66. The van der Waals surface area contributed by atoms with Crippen molar-refractivity contribution in [1.29, 1.82) is 0 Å². The molecule has 0 saturated carbocycles. The molecule has 0 aliphatic carbocycles. The van der Waals surface area contributed by atoms with E-state index in [1.54, 1.807) is 7.11 Å². The second kappa shape index (κ2) is 16.3. The molecular formula is C21H34IN3O3. The highest BCUT2D eigenvalue weighted by Gasteiger charge is 2.06. The van der Waals surface area contributed by atoms with Crippen LogP contribution in [-0.2, 0) is 11.3 Å². The molecule has 1 rings (SSSR count). The predicted octanol–water partition coefficient (Wildman–Crippen LogP) is 3.44. The third-order valence-corrected chi connectivity index (χ3v) is 3.51. The summed E-state index contributed by atoms with van der Waals surface area (Å²) in [4.78, 5) is 4.62. The molecule has 0 radical (unpaired) electrons. The molecule has 0 heterocycles. The minimum atomic E-state index is 0. The summed E-state index contributed by atoms with van der Waals surface area (Å²) in [7, 11) is 1.61. The van der Waals surface area contributed by atoms with Crippen LogP contribution in [0.1, 0.15) is 32.8 Å². The average Bonchev–Trinajstić information content (AvgIpc) is 2.66. The summed E-state index contributed by atoms with van der Waals surface area (Å²) >= 11 is 0. The summed E-state index contributed by atoms with van der Waals surface area (Å²) in [5, 5.41) is 6.58. The van der Waals surface area contributed by atoms with E-state index in [0.717, 1.165) is 44.2 Å². The minimum absolute atomic E-state index is 0. The van der Waals surface area contributed by atoms with E-state index in [1.807, 2.05) is 25.1 Å². The van der Waals surface area contributed by atoms with Crippen LogP contribution in [0.4, 0.5) is 0 Å². The largest absolute Gasteiger partial charge is 0.493 e. The smallest absolute Gasteiger partial charge is 0.191 e. The van der Waals surface area contributed by atoms with Crippen LogP contribution in [0.2, 0.25) is 0 Å². The van der Waals surface area contributed by atoms with Gasteiger partial charge < -0.3 is 24.8 Å². The number of hydrogen-bond donors (Lipinski definition) is 2. The highest BCUT2D eigenvalue weighted by Crippen LogP contribution is 2.28.